The van der Waals surface area contributed by atoms with Gasteiger partial charge in [0.05, 0.1) is 0 Å². The fourth-order valence-electron chi connectivity index (χ4n) is 3.92. The SMILES string of the molecule is CCCC1(C)CCCN(C(=NC)NCc2ccnc(-n3ccnc3)c2)C1. The third kappa shape index (κ3) is 4.42. The summed E-state index contributed by atoms with van der Waals surface area (Å²) in [5.41, 5.74) is 1.58. The molecule has 26 heavy (non-hydrogen) atoms. The Morgan fingerprint density at radius 1 is 1.38 bits per heavy atom. The summed E-state index contributed by atoms with van der Waals surface area (Å²) < 4.78 is 1.92. The molecule has 2 aromatic heterocycles. The molecule has 3 rings (SSSR count). The van der Waals surface area contributed by atoms with Crippen molar-refractivity contribution in [3.05, 3.63) is 42.6 Å². The molecule has 0 saturated carbocycles. The second kappa shape index (κ2) is 8.34. The van der Waals surface area contributed by atoms with Gasteiger partial charge in [0.1, 0.15) is 12.1 Å². The van der Waals surface area contributed by atoms with Crippen molar-refractivity contribution in [2.75, 3.05) is 20.1 Å². The zero-order valence-corrected chi connectivity index (χ0v) is 16.1. The summed E-state index contributed by atoms with van der Waals surface area (Å²) in [5.74, 6) is 1.87. The number of piperidine rings is 1. The van der Waals surface area contributed by atoms with Gasteiger partial charge in [0, 0.05) is 45.3 Å². The topological polar surface area (TPSA) is 58.3 Å². The average molecular weight is 355 g/mol. The van der Waals surface area contributed by atoms with E-state index in [9.17, 15) is 0 Å². The van der Waals surface area contributed by atoms with Crippen LogP contribution in [0, 0.1) is 5.41 Å². The van der Waals surface area contributed by atoms with Gasteiger partial charge in [-0.2, -0.15) is 0 Å². The summed E-state index contributed by atoms with van der Waals surface area (Å²) in [6, 6.07) is 4.12. The molecular weight excluding hydrogens is 324 g/mol. The molecule has 6 heteroatoms. The van der Waals surface area contributed by atoms with E-state index in [-0.39, 0.29) is 0 Å². The molecule has 1 fully saturated rings. The largest absolute Gasteiger partial charge is 0.352 e. The van der Waals surface area contributed by atoms with Crippen molar-refractivity contribution in [2.45, 2.75) is 46.1 Å². The molecule has 0 spiro atoms. The van der Waals surface area contributed by atoms with E-state index in [0.717, 1.165) is 31.4 Å². The molecule has 1 N–H and O–H groups in total. The minimum Gasteiger partial charge on any atom is -0.352 e. The van der Waals surface area contributed by atoms with E-state index in [1.807, 2.05) is 30.1 Å². The van der Waals surface area contributed by atoms with Crippen LogP contribution in [-0.4, -0.2) is 45.5 Å². The number of aliphatic imine (C=N–C) groups is 1. The van der Waals surface area contributed by atoms with Gasteiger partial charge < -0.3 is 10.2 Å². The number of nitrogens with one attached hydrogen (secondary N) is 1. The predicted octanol–water partition coefficient (Wildman–Crippen LogP) is 3.24. The summed E-state index contributed by atoms with van der Waals surface area (Å²) in [4.78, 5) is 15.4. The Morgan fingerprint density at radius 2 is 2.27 bits per heavy atom. The van der Waals surface area contributed by atoms with Crippen LogP contribution in [0.5, 0.6) is 0 Å². The molecule has 1 saturated heterocycles. The zero-order valence-electron chi connectivity index (χ0n) is 16.1. The molecule has 1 aliphatic rings. The van der Waals surface area contributed by atoms with Crippen LogP contribution >= 0.6 is 0 Å². The molecule has 0 bridgehead atoms. The van der Waals surface area contributed by atoms with Crippen molar-refractivity contribution in [3.63, 3.8) is 0 Å². The van der Waals surface area contributed by atoms with Crippen LogP contribution in [0.1, 0.15) is 45.1 Å². The van der Waals surface area contributed by atoms with Gasteiger partial charge in [0.2, 0.25) is 0 Å². The van der Waals surface area contributed by atoms with Crippen LogP contribution in [0.15, 0.2) is 42.0 Å². The Kier molecular flexibility index (Phi) is 5.91. The number of rotatable bonds is 5. The van der Waals surface area contributed by atoms with Crippen molar-refractivity contribution in [2.24, 2.45) is 10.4 Å². The highest BCUT2D eigenvalue weighted by Gasteiger charge is 2.31. The second-order valence-electron chi connectivity index (χ2n) is 7.48. The lowest BCUT2D eigenvalue weighted by molar-refractivity contribution is 0.142. The molecule has 1 unspecified atom stereocenters. The molecular formula is C20H30N6. The van der Waals surface area contributed by atoms with Gasteiger partial charge >= 0.3 is 0 Å². The monoisotopic (exact) mass is 354 g/mol. The molecule has 0 aromatic carbocycles. The van der Waals surface area contributed by atoms with Gasteiger partial charge in [-0.05, 0) is 42.4 Å². The highest BCUT2D eigenvalue weighted by molar-refractivity contribution is 5.80. The minimum atomic E-state index is 0.399. The lowest BCUT2D eigenvalue weighted by Gasteiger charge is -2.42. The summed E-state index contributed by atoms with van der Waals surface area (Å²) in [5, 5.41) is 3.53. The fourth-order valence-corrected chi connectivity index (χ4v) is 3.92. The molecule has 140 valence electrons. The van der Waals surface area contributed by atoms with Gasteiger partial charge in [0.15, 0.2) is 5.96 Å². The van der Waals surface area contributed by atoms with Gasteiger partial charge in [-0.1, -0.05) is 20.3 Å². The lowest BCUT2D eigenvalue weighted by Crippen LogP contribution is -2.49. The lowest BCUT2D eigenvalue weighted by atomic mass is 9.78. The number of imidazole rings is 1. The first-order valence-electron chi connectivity index (χ1n) is 9.52. The van der Waals surface area contributed by atoms with E-state index in [4.69, 9.17) is 0 Å². The van der Waals surface area contributed by atoms with Crippen molar-refractivity contribution < 1.29 is 0 Å². The Bertz CT molecular complexity index is 720. The average Bonchev–Trinajstić information content (AvgIpc) is 3.17. The number of aromatic nitrogens is 3. The number of hydrogen-bond acceptors (Lipinski definition) is 3. The quantitative estimate of drug-likeness (QED) is 0.661. The first kappa shape index (κ1) is 18.4. The second-order valence-corrected chi connectivity index (χ2v) is 7.48. The molecule has 0 aliphatic carbocycles. The van der Waals surface area contributed by atoms with Crippen molar-refractivity contribution in [1.29, 1.82) is 0 Å². The van der Waals surface area contributed by atoms with Crippen LogP contribution < -0.4 is 5.32 Å². The Morgan fingerprint density at radius 3 is 3.00 bits per heavy atom. The number of nitrogens with zero attached hydrogens (tertiary/aromatic N) is 5. The standard InChI is InChI=1S/C20H30N6/c1-4-7-20(2)8-5-11-25(15-20)19(21-3)24-14-17-6-9-23-18(13-17)26-12-10-22-16-26/h6,9-10,12-13,16H,4-5,7-8,11,14-15H2,1-3H3,(H,21,24). The van der Waals surface area contributed by atoms with Crippen molar-refractivity contribution >= 4 is 5.96 Å². The van der Waals surface area contributed by atoms with E-state index in [1.165, 1.54) is 31.2 Å². The van der Waals surface area contributed by atoms with Crippen LogP contribution in [-0.2, 0) is 6.54 Å². The first-order valence-corrected chi connectivity index (χ1v) is 9.52. The van der Waals surface area contributed by atoms with Gasteiger partial charge in [-0.25, -0.2) is 9.97 Å². The van der Waals surface area contributed by atoms with E-state index in [0.29, 0.717) is 5.41 Å². The van der Waals surface area contributed by atoms with Gasteiger partial charge in [-0.15, -0.1) is 0 Å². The van der Waals surface area contributed by atoms with Gasteiger partial charge in [-0.3, -0.25) is 9.56 Å². The molecule has 2 aromatic rings. The maximum absolute atomic E-state index is 4.53. The summed E-state index contributed by atoms with van der Waals surface area (Å²) in [6.45, 7) is 7.58. The van der Waals surface area contributed by atoms with Crippen molar-refractivity contribution in [3.8, 4) is 5.82 Å². The minimum absolute atomic E-state index is 0.399. The number of guanidine groups is 1. The van der Waals surface area contributed by atoms with E-state index in [2.05, 4.69) is 45.1 Å². The third-order valence-electron chi connectivity index (χ3n) is 5.18. The van der Waals surface area contributed by atoms with Crippen LogP contribution in [0.3, 0.4) is 0 Å². The molecule has 1 atom stereocenters. The van der Waals surface area contributed by atoms with Crippen LogP contribution in [0.2, 0.25) is 0 Å². The van der Waals surface area contributed by atoms with E-state index >= 15 is 0 Å². The first-order chi connectivity index (χ1) is 12.6. The molecule has 0 radical (unpaired) electrons. The summed E-state index contributed by atoms with van der Waals surface area (Å²) in [6.07, 6.45) is 12.3. The molecule has 6 nitrogen and oxygen atoms in total. The Hall–Kier alpha value is -2.37. The molecule has 1 aliphatic heterocycles. The number of likely N-dealkylation sites (tertiary alicyclic amines) is 1. The fraction of sp³-hybridized carbons (Fsp3) is 0.550. The molecule has 0 amide bonds. The number of pyridine rings is 1. The highest BCUT2D eigenvalue weighted by Crippen LogP contribution is 2.33. The maximum Gasteiger partial charge on any atom is 0.193 e. The van der Waals surface area contributed by atoms with Gasteiger partial charge in [0.25, 0.3) is 0 Å². The Labute approximate surface area is 156 Å². The predicted molar refractivity (Wildman–Crippen MR) is 105 cm³/mol. The normalized spacial score (nSPS) is 21.0. The number of hydrogen-bond donors (Lipinski definition) is 1. The summed E-state index contributed by atoms with van der Waals surface area (Å²) in [7, 11) is 1.87. The zero-order chi connectivity index (χ0) is 18.4. The van der Waals surface area contributed by atoms with E-state index in [1.54, 1.807) is 12.5 Å². The summed E-state index contributed by atoms with van der Waals surface area (Å²) >= 11 is 0. The van der Waals surface area contributed by atoms with Crippen LogP contribution in [0.4, 0.5) is 0 Å². The Balaban J connectivity index is 1.63. The third-order valence-corrected chi connectivity index (χ3v) is 5.18. The van der Waals surface area contributed by atoms with Crippen molar-refractivity contribution in [1.82, 2.24) is 24.8 Å². The smallest absolute Gasteiger partial charge is 0.193 e. The maximum atomic E-state index is 4.53. The van der Waals surface area contributed by atoms with Crippen LogP contribution in [0.25, 0.3) is 5.82 Å². The highest BCUT2D eigenvalue weighted by atomic mass is 15.3. The van der Waals surface area contributed by atoms with E-state index < -0.39 is 0 Å². The molecule has 3 heterocycles.